The van der Waals surface area contributed by atoms with Crippen LogP contribution in [0.5, 0.6) is 0 Å². The maximum atomic E-state index is 13.6. The minimum Gasteiger partial charge on any atom is -0.505 e. The Hall–Kier alpha value is -3.52. The van der Waals surface area contributed by atoms with E-state index in [0.717, 1.165) is 5.56 Å². The van der Waals surface area contributed by atoms with Crippen LogP contribution >= 0.6 is 0 Å². The zero-order chi connectivity index (χ0) is 23.2. The van der Waals surface area contributed by atoms with Crippen LogP contribution in [0.25, 0.3) is 11.4 Å². The molecule has 166 valence electrons. The molecule has 0 aliphatic carbocycles. The fourth-order valence-corrected chi connectivity index (χ4v) is 4.14. The van der Waals surface area contributed by atoms with E-state index >= 15 is 0 Å². The first-order valence-electron chi connectivity index (χ1n) is 10.3. The number of rotatable bonds is 5. The van der Waals surface area contributed by atoms with Gasteiger partial charge in [0.25, 0.3) is 11.7 Å². The molecule has 1 aliphatic rings. The third kappa shape index (κ3) is 3.56. The number of imidazole rings is 1. The predicted molar refractivity (Wildman–Crippen MR) is 119 cm³/mol. The molecule has 8 heteroatoms. The summed E-state index contributed by atoms with van der Waals surface area (Å²) in [5.74, 6) is -2.17. The van der Waals surface area contributed by atoms with E-state index < -0.39 is 23.5 Å². The average molecular weight is 436 g/mol. The van der Waals surface area contributed by atoms with Gasteiger partial charge in [-0.15, -0.1) is 0 Å². The summed E-state index contributed by atoms with van der Waals surface area (Å²) >= 11 is 0. The van der Waals surface area contributed by atoms with Gasteiger partial charge in [0.2, 0.25) is 0 Å². The molecule has 1 atom stereocenters. The van der Waals surface area contributed by atoms with Crippen molar-refractivity contribution in [2.24, 2.45) is 0 Å². The Morgan fingerprint density at radius 3 is 2.50 bits per heavy atom. The first-order chi connectivity index (χ1) is 15.2. The van der Waals surface area contributed by atoms with Gasteiger partial charge in [-0.1, -0.05) is 18.2 Å². The topological polar surface area (TPSA) is 78.1 Å². The standard InChI is InChI=1S/C24H25FN4O3/c1-14-6-5-11-28-19(15(2)26-23(14)28)21(30)18-20(16-7-9-17(25)10-8-16)29(13-12-27(3)4)24(32)22(18)31/h5-11,20,30H,12-13H2,1-4H3/t20-/m0/s1. The first kappa shape index (κ1) is 21.7. The lowest BCUT2D eigenvalue weighted by Gasteiger charge is -2.26. The fraction of sp³-hybridized carbons (Fsp3) is 0.292. The number of pyridine rings is 1. The summed E-state index contributed by atoms with van der Waals surface area (Å²) in [7, 11) is 3.74. The molecule has 1 amide bonds. The van der Waals surface area contributed by atoms with Gasteiger partial charge >= 0.3 is 0 Å². The monoisotopic (exact) mass is 436 g/mol. The molecule has 3 aromatic rings. The molecular formula is C24H25FN4O3. The molecule has 0 unspecified atom stereocenters. The number of halogens is 1. The van der Waals surface area contributed by atoms with Gasteiger partial charge in [0.1, 0.15) is 17.2 Å². The van der Waals surface area contributed by atoms with Crippen LogP contribution in [0.15, 0.2) is 48.2 Å². The Balaban J connectivity index is 1.94. The van der Waals surface area contributed by atoms with Crippen molar-refractivity contribution in [1.29, 1.82) is 0 Å². The highest BCUT2D eigenvalue weighted by Gasteiger charge is 2.46. The van der Waals surface area contributed by atoms with Crippen molar-refractivity contribution < 1.29 is 19.1 Å². The predicted octanol–water partition coefficient (Wildman–Crippen LogP) is 3.07. The molecule has 1 saturated heterocycles. The largest absolute Gasteiger partial charge is 0.505 e. The summed E-state index contributed by atoms with van der Waals surface area (Å²) in [6, 6.07) is 8.54. The van der Waals surface area contributed by atoms with Gasteiger partial charge in [-0.3, -0.25) is 14.0 Å². The number of benzene rings is 1. The van der Waals surface area contributed by atoms with Gasteiger partial charge in [0.05, 0.1) is 17.3 Å². The van der Waals surface area contributed by atoms with Gasteiger partial charge in [0, 0.05) is 19.3 Å². The molecular weight excluding hydrogens is 411 g/mol. The number of likely N-dealkylation sites (tertiary alicyclic amines) is 1. The molecule has 1 aliphatic heterocycles. The minimum atomic E-state index is -0.828. The first-order valence-corrected chi connectivity index (χ1v) is 10.3. The van der Waals surface area contributed by atoms with Crippen molar-refractivity contribution >= 4 is 23.1 Å². The van der Waals surface area contributed by atoms with Crippen LogP contribution in [0.1, 0.15) is 28.6 Å². The number of aryl methyl sites for hydroxylation is 2. The molecule has 4 rings (SSSR count). The van der Waals surface area contributed by atoms with Crippen LogP contribution in [-0.4, -0.2) is 63.2 Å². The Kier molecular flexibility index (Phi) is 5.56. The molecule has 3 heterocycles. The summed E-state index contributed by atoms with van der Waals surface area (Å²) in [5, 5.41) is 11.4. The van der Waals surface area contributed by atoms with Gasteiger partial charge in [-0.2, -0.15) is 0 Å². The average Bonchev–Trinajstić information content (AvgIpc) is 3.21. The maximum absolute atomic E-state index is 13.6. The summed E-state index contributed by atoms with van der Waals surface area (Å²) in [5.41, 5.74) is 3.00. The second-order valence-electron chi connectivity index (χ2n) is 8.28. The van der Waals surface area contributed by atoms with Crippen molar-refractivity contribution in [2.45, 2.75) is 19.9 Å². The second kappa shape index (κ2) is 8.20. The summed E-state index contributed by atoms with van der Waals surface area (Å²) < 4.78 is 15.3. The van der Waals surface area contributed by atoms with E-state index in [1.807, 2.05) is 38.1 Å². The molecule has 0 bridgehead atoms. The van der Waals surface area contributed by atoms with Crippen molar-refractivity contribution in [1.82, 2.24) is 19.2 Å². The van der Waals surface area contributed by atoms with Crippen LogP contribution in [-0.2, 0) is 9.59 Å². The SMILES string of the molecule is Cc1nc2c(C)cccn2c1C(O)=C1C(=O)C(=O)N(CCN(C)C)[C@H]1c1ccc(F)cc1. The molecule has 2 aromatic heterocycles. The second-order valence-corrected chi connectivity index (χ2v) is 8.28. The lowest BCUT2D eigenvalue weighted by molar-refractivity contribution is -0.140. The van der Waals surface area contributed by atoms with Crippen molar-refractivity contribution in [3.63, 3.8) is 0 Å². The van der Waals surface area contributed by atoms with E-state index in [-0.39, 0.29) is 17.9 Å². The number of carbonyl (C=O) groups is 2. The Morgan fingerprint density at radius 1 is 1.16 bits per heavy atom. The highest BCUT2D eigenvalue weighted by molar-refractivity contribution is 6.46. The highest BCUT2D eigenvalue weighted by Crippen LogP contribution is 2.40. The number of fused-ring (bicyclic) bond motifs is 1. The fourth-order valence-electron chi connectivity index (χ4n) is 4.14. The normalized spacial score (nSPS) is 18.3. The van der Waals surface area contributed by atoms with E-state index in [9.17, 15) is 19.1 Å². The van der Waals surface area contributed by atoms with E-state index in [4.69, 9.17) is 0 Å². The number of aromatic nitrogens is 2. The van der Waals surface area contributed by atoms with E-state index in [2.05, 4.69) is 4.98 Å². The number of hydrogen-bond acceptors (Lipinski definition) is 5. The lowest BCUT2D eigenvalue weighted by atomic mass is 9.96. The molecule has 0 radical (unpaired) electrons. The number of hydrogen-bond donors (Lipinski definition) is 1. The maximum Gasteiger partial charge on any atom is 0.295 e. The third-order valence-corrected chi connectivity index (χ3v) is 5.76. The van der Waals surface area contributed by atoms with Crippen LogP contribution in [0.3, 0.4) is 0 Å². The van der Waals surface area contributed by atoms with Crippen molar-refractivity contribution in [3.8, 4) is 0 Å². The Bertz CT molecular complexity index is 1240. The zero-order valence-electron chi connectivity index (χ0n) is 18.5. The number of carbonyl (C=O) groups excluding carboxylic acids is 2. The molecule has 1 N–H and O–H groups in total. The van der Waals surface area contributed by atoms with Crippen molar-refractivity contribution in [2.75, 3.05) is 27.2 Å². The molecule has 1 aromatic carbocycles. The van der Waals surface area contributed by atoms with E-state index in [1.54, 1.807) is 17.5 Å². The van der Waals surface area contributed by atoms with E-state index in [1.165, 1.54) is 29.2 Å². The van der Waals surface area contributed by atoms with Crippen LogP contribution in [0.4, 0.5) is 4.39 Å². The smallest absolute Gasteiger partial charge is 0.295 e. The Labute approximate surface area is 185 Å². The molecule has 32 heavy (non-hydrogen) atoms. The molecule has 7 nitrogen and oxygen atoms in total. The van der Waals surface area contributed by atoms with Crippen LogP contribution in [0.2, 0.25) is 0 Å². The summed E-state index contributed by atoms with van der Waals surface area (Å²) in [6.45, 7) is 4.46. The number of amides is 1. The van der Waals surface area contributed by atoms with Gasteiger partial charge in [-0.25, -0.2) is 9.37 Å². The quantitative estimate of drug-likeness (QED) is 0.378. The Morgan fingerprint density at radius 2 is 1.84 bits per heavy atom. The van der Waals surface area contributed by atoms with Gasteiger partial charge in [-0.05, 0) is 57.3 Å². The number of Topliss-reactive ketones (excluding diaryl/α,β-unsaturated/α-hetero) is 1. The third-order valence-electron chi connectivity index (χ3n) is 5.76. The number of likely N-dealkylation sites (N-methyl/N-ethyl adjacent to an activating group) is 1. The molecule has 0 spiro atoms. The van der Waals surface area contributed by atoms with E-state index in [0.29, 0.717) is 29.1 Å². The van der Waals surface area contributed by atoms with Crippen LogP contribution < -0.4 is 0 Å². The molecule has 1 fully saturated rings. The number of nitrogens with zero attached hydrogens (tertiary/aromatic N) is 4. The highest BCUT2D eigenvalue weighted by atomic mass is 19.1. The summed E-state index contributed by atoms with van der Waals surface area (Å²) in [4.78, 5) is 34.0. The summed E-state index contributed by atoms with van der Waals surface area (Å²) in [6.07, 6.45) is 1.76. The van der Waals surface area contributed by atoms with Crippen molar-refractivity contribution in [3.05, 3.63) is 76.5 Å². The van der Waals surface area contributed by atoms with Crippen LogP contribution in [0, 0.1) is 19.7 Å². The number of aliphatic hydroxyl groups excluding tert-OH is 1. The zero-order valence-corrected chi connectivity index (χ0v) is 18.5. The lowest BCUT2D eigenvalue weighted by Crippen LogP contribution is -2.35. The molecule has 0 saturated carbocycles. The number of ketones is 1. The number of aliphatic hydroxyl groups is 1. The van der Waals surface area contributed by atoms with Gasteiger partial charge in [0.15, 0.2) is 5.76 Å². The van der Waals surface area contributed by atoms with Gasteiger partial charge < -0.3 is 14.9 Å². The minimum absolute atomic E-state index is 0.0215.